The smallest absolute Gasteiger partial charge is 0.418 e. The molecule has 0 aliphatic rings. The van der Waals surface area contributed by atoms with Crippen molar-refractivity contribution in [2.75, 3.05) is 12.5 Å². The lowest BCUT2D eigenvalue weighted by Gasteiger charge is -1.94. The Morgan fingerprint density at radius 1 is 1.21 bits per heavy atom. The molecule has 0 spiro atoms. The molecule has 1 aromatic heterocycles. The molecule has 0 aliphatic heterocycles. The van der Waals surface area contributed by atoms with Crippen LogP contribution >= 0.6 is 46.2 Å². The van der Waals surface area contributed by atoms with Crippen molar-refractivity contribution in [3.63, 3.8) is 0 Å². The maximum absolute atomic E-state index is 9.75. The first-order valence-corrected chi connectivity index (χ1v) is 7.44. The molecule has 0 saturated heterocycles. The zero-order chi connectivity index (χ0) is 11.2. The molecule has 0 radical (unpaired) electrons. The van der Waals surface area contributed by atoms with Crippen LogP contribution in [0.5, 0.6) is 0 Å². The van der Waals surface area contributed by atoms with Gasteiger partial charge in [0.05, 0.1) is 22.7 Å². The van der Waals surface area contributed by atoms with Crippen LogP contribution in [0.1, 0.15) is 0 Å². The molecular weight excluding hydrogens is 275 g/mol. The maximum atomic E-state index is 9.75. The van der Waals surface area contributed by atoms with Gasteiger partial charge in [0.1, 0.15) is 0 Å². The third-order valence-electron chi connectivity index (χ3n) is 0.848. The topological polar surface area (TPSA) is 0 Å². The van der Waals surface area contributed by atoms with Crippen molar-refractivity contribution in [3.05, 3.63) is 4.69 Å². The molecule has 0 aromatic carbocycles. The second-order valence-electron chi connectivity index (χ2n) is 1.81. The van der Waals surface area contributed by atoms with E-state index >= 15 is 0 Å². The number of hydrogen-bond donors (Lipinski definition) is 0. The third kappa shape index (κ3) is 7.89. The van der Waals surface area contributed by atoms with Crippen LogP contribution in [0.3, 0.4) is 0 Å². The van der Waals surface area contributed by atoms with Crippen LogP contribution in [0, 0.1) is 0 Å². The van der Waals surface area contributed by atoms with Gasteiger partial charge in [0, 0.05) is 0 Å². The quantitative estimate of drug-likeness (QED) is 0.329. The Bertz CT molecular complexity index is 236. The van der Waals surface area contributed by atoms with E-state index in [1.165, 1.54) is 8.42 Å². The number of halogens is 4. The summed E-state index contributed by atoms with van der Waals surface area (Å²) in [6.45, 7) is 0. The van der Waals surface area contributed by atoms with Gasteiger partial charge in [-0.2, -0.15) is 0 Å². The van der Waals surface area contributed by atoms with Gasteiger partial charge in [0.2, 0.25) is 13.1 Å². The van der Waals surface area contributed by atoms with E-state index < -0.39 is 7.25 Å². The SMILES string of the molecule is CSc1sc[s+]c1SC.F[B-](F)(F)F. The normalized spacial score (nSPS) is 10.7. The molecule has 0 bridgehead atoms. The van der Waals surface area contributed by atoms with Crippen LogP contribution < -0.4 is 0 Å². The number of thioether (sulfide) groups is 2. The van der Waals surface area contributed by atoms with Gasteiger partial charge in [-0.15, -0.1) is 0 Å². The highest BCUT2D eigenvalue weighted by Crippen LogP contribution is 2.36. The fourth-order valence-corrected chi connectivity index (χ4v) is 4.94. The first-order chi connectivity index (χ1) is 6.38. The Hall–Kier alpha value is 0.535. The molecule has 1 heterocycles. The van der Waals surface area contributed by atoms with E-state index in [0.29, 0.717) is 0 Å². The molecule has 1 rings (SSSR count). The molecule has 0 saturated carbocycles. The Morgan fingerprint density at radius 3 is 2.00 bits per heavy atom. The summed E-state index contributed by atoms with van der Waals surface area (Å²) >= 11 is 7.34. The Morgan fingerprint density at radius 2 is 1.71 bits per heavy atom. The van der Waals surface area contributed by atoms with Crippen LogP contribution in [0.2, 0.25) is 0 Å². The van der Waals surface area contributed by atoms with Crippen LogP contribution in [-0.4, -0.2) is 19.8 Å². The molecule has 82 valence electrons. The van der Waals surface area contributed by atoms with Gasteiger partial charge in [0.25, 0.3) is 0 Å². The second kappa shape index (κ2) is 6.92. The van der Waals surface area contributed by atoms with Crippen molar-refractivity contribution in [3.8, 4) is 0 Å². The van der Waals surface area contributed by atoms with Crippen LogP contribution in [0.15, 0.2) is 13.1 Å². The van der Waals surface area contributed by atoms with Crippen molar-refractivity contribution in [1.82, 2.24) is 0 Å². The molecule has 0 fully saturated rings. The number of rotatable bonds is 2. The van der Waals surface area contributed by atoms with Gasteiger partial charge in [0.15, 0.2) is 0 Å². The van der Waals surface area contributed by atoms with Crippen molar-refractivity contribution in [1.29, 1.82) is 0 Å². The van der Waals surface area contributed by atoms with Gasteiger partial charge in [-0.1, -0.05) is 23.5 Å². The molecule has 0 aliphatic carbocycles. The van der Waals surface area contributed by atoms with E-state index in [1.807, 2.05) is 46.2 Å². The monoisotopic (exact) mass is 282 g/mol. The molecule has 0 atom stereocenters. The molecule has 0 unspecified atom stereocenters. The van der Waals surface area contributed by atoms with Crippen molar-refractivity contribution < 1.29 is 17.3 Å². The Balaban J connectivity index is 0.000000292. The standard InChI is InChI=1S/C5H7S4.BF4/c1-6-4-5(7-2)9-3-8-4;2-1(3,4)5/h3H,1-2H3;/q+1;-1. The first-order valence-electron chi connectivity index (χ1n) is 3.23. The van der Waals surface area contributed by atoms with Gasteiger partial charge in [-0.25, -0.2) is 0 Å². The van der Waals surface area contributed by atoms with Gasteiger partial charge in [-0.05, 0) is 12.5 Å². The largest absolute Gasteiger partial charge is 0.673 e. The lowest BCUT2D eigenvalue weighted by molar-refractivity contribution is 0.368. The third-order valence-corrected chi connectivity index (χ3v) is 5.70. The van der Waals surface area contributed by atoms with E-state index in [0.717, 1.165) is 0 Å². The highest BCUT2D eigenvalue weighted by atomic mass is 32.2. The highest BCUT2D eigenvalue weighted by molar-refractivity contribution is 8.04. The van der Waals surface area contributed by atoms with Crippen LogP contribution in [0.25, 0.3) is 0 Å². The van der Waals surface area contributed by atoms with Gasteiger partial charge >= 0.3 is 7.25 Å². The minimum Gasteiger partial charge on any atom is -0.418 e. The van der Waals surface area contributed by atoms with Crippen molar-refractivity contribution in [2.24, 2.45) is 0 Å². The highest BCUT2D eigenvalue weighted by Gasteiger charge is 2.20. The average Bonchev–Trinajstić information content (AvgIpc) is 2.47. The summed E-state index contributed by atoms with van der Waals surface area (Å²) in [7, 11) is -6.00. The lowest BCUT2D eigenvalue weighted by Crippen LogP contribution is -2.02. The first kappa shape index (κ1) is 14.5. The summed E-state index contributed by atoms with van der Waals surface area (Å²) < 4.78 is 44.1. The van der Waals surface area contributed by atoms with Crippen LogP contribution in [0.4, 0.5) is 17.3 Å². The fourth-order valence-electron chi connectivity index (χ4n) is 0.471. The van der Waals surface area contributed by atoms with Gasteiger partial charge in [-0.3, -0.25) is 0 Å². The van der Waals surface area contributed by atoms with Crippen molar-refractivity contribution >= 4 is 53.5 Å². The minimum atomic E-state index is -6.00. The molecule has 0 nitrogen and oxygen atoms in total. The maximum Gasteiger partial charge on any atom is 0.673 e. The van der Waals surface area contributed by atoms with E-state index in [1.54, 1.807) is 0 Å². The fraction of sp³-hybridized carbons (Fsp3) is 0.400. The average molecular weight is 282 g/mol. The summed E-state index contributed by atoms with van der Waals surface area (Å²) in [4.78, 5) is 0. The summed E-state index contributed by atoms with van der Waals surface area (Å²) in [5.41, 5.74) is 0. The molecule has 1 aromatic rings. The van der Waals surface area contributed by atoms with Crippen molar-refractivity contribution in [2.45, 2.75) is 8.42 Å². The zero-order valence-electron chi connectivity index (χ0n) is 7.30. The predicted octanol–water partition coefficient (Wildman–Crippen LogP) is 4.83. The molecule has 0 amide bonds. The molecule has 0 N–H and O–H groups in total. The molecule has 14 heavy (non-hydrogen) atoms. The molecule has 9 heteroatoms. The second-order valence-corrected chi connectivity index (χ2v) is 6.02. The predicted molar refractivity (Wildman–Crippen MR) is 60.4 cm³/mol. The summed E-state index contributed by atoms with van der Waals surface area (Å²) in [5.74, 6) is 0. The zero-order valence-corrected chi connectivity index (χ0v) is 10.6. The minimum absolute atomic E-state index is 1.45. The van der Waals surface area contributed by atoms with E-state index in [2.05, 4.69) is 17.2 Å². The Labute approximate surface area is 96.2 Å². The number of hydrogen-bond acceptors (Lipinski definition) is 3. The summed E-state index contributed by atoms with van der Waals surface area (Å²) in [5, 5.41) is 0. The van der Waals surface area contributed by atoms with E-state index in [-0.39, 0.29) is 0 Å². The summed E-state index contributed by atoms with van der Waals surface area (Å²) in [6, 6.07) is 0. The molecular formula is C5H7BF4S4. The van der Waals surface area contributed by atoms with E-state index in [4.69, 9.17) is 0 Å². The van der Waals surface area contributed by atoms with Crippen LogP contribution in [-0.2, 0) is 0 Å². The lowest BCUT2D eigenvalue weighted by atomic mass is 10.3. The Kier molecular flexibility index (Phi) is 7.18. The summed E-state index contributed by atoms with van der Waals surface area (Å²) in [6.07, 6.45) is 4.25. The van der Waals surface area contributed by atoms with Gasteiger partial charge < -0.3 is 17.3 Å². The van der Waals surface area contributed by atoms with E-state index in [9.17, 15) is 17.3 Å².